The van der Waals surface area contributed by atoms with Gasteiger partial charge in [0.2, 0.25) is 11.8 Å². The third-order valence-electron chi connectivity index (χ3n) is 7.04. The average Bonchev–Trinajstić information content (AvgIpc) is 3.01. The van der Waals surface area contributed by atoms with Gasteiger partial charge in [0, 0.05) is 30.1 Å². The molecule has 0 aliphatic heterocycles. The smallest absolute Gasteiger partial charge is 0.264 e. The topological polar surface area (TPSA) is 86.8 Å². The summed E-state index contributed by atoms with van der Waals surface area (Å²) in [5, 5.41) is 3.11. The number of rotatable bonds is 12. The quantitative estimate of drug-likeness (QED) is 0.218. The molecule has 10 heteroatoms. The number of hydrogen-bond donors (Lipinski definition) is 1. The lowest BCUT2D eigenvalue weighted by Gasteiger charge is -2.34. The molecule has 2 amide bonds. The summed E-state index contributed by atoms with van der Waals surface area (Å²) < 4.78 is 44.0. The summed E-state index contributed by atoms with van der Waals surface area (Å²) in [7, 11) is -4.27. The minimum absolute atomic E-state index is 0.0209. The van der Waals surface area contributed by atoms with Gasteiger partial charge in [-0.3, -0.25) is 13.9 Å². The van der Waals surface area contributed by atoms with Crippen LogP contribution in [0.4, 0.5) is 10.1 Å². The maximum Gasteiger partial charge on any atom is 0.264 e. The number of likely N-dealkylation sites (N-methyl/N-ethyl adjacent to an activating group) is 1. The third kappa shape index (κ3) is 7.60. The highest BCUT2D eigenvalue weighted by Gasteiger charge is 2.35. The second kappa shape index (κ2) is 14.3. The van der Waals surface area contributed by atoms with E-state index >= 15 is 0 Å². The van der Waals surface area contributed by atoms with Crippen molar-refractivity contribution in [2.45, 2.75) is 37.8 Å². The molecule has 7 nitrogen and oxygen atoms in total. The number of hydrogen-bond acceptors (Lipinski definition) is 4. The first-order valence-electron chi connectivity index (χ1n) is 13.8. The van der Waals surface area contributed by atoms with E-state index in [0.717, 1.165) is 9.87 Å². The molecule has 4 aromatic rings. The van der Waals surface area contributed by atoms with E-state index in [4.69, 9.17) is 11.6 Å². The van der Waals surface area contributed by atoms with E-state index in [-0.39, 0.29) is 29.1 Å². The summed E-state index contributed by atoms with van der Waals surface area (Å²) >= 11 is 6.38. The van der Waals surface area contributed by atoms with Crippen LogP contribution < -0.4 is 9.62 Å². The molecule has 0 spiro atoms. The van der Waals surface area contributed by atoms with Crippen molar-refractivity contribution in [3.05, 3.63) is 131 Å². The Morgan fingerprint density at radius 2 is 1.51 bits per heavy atom. The van der Waals surface area contributed by atoms with Crippen LogP contribution >= 0.6 is 11.6 Å². The molecule has 0 aliphatic carbocycles. The molecule has 0 heterocycles. The molecule has 4 rings (SSSR count). The summed E-state index contributed by atoms with van der Waals surface area (Å²) in [5.74, 6) is -1.67. The number of carbonyl (C=O) groups is 2. The van der Waals surface area contributed by atoms with Crippen molar-refractivity contribution in [3.63, 3.8) is 0 Å². The number of sulfonamides is 1. The Kier molecular flexibility index (Phi) is 10.6. The van der Waals surface area contributed by atoms with Crippen molar-refractivity contribution in [1.82, 2.24) is 10.2 Å². The number of nitrogens with zero attached hydrogens (tertiary/aromatic N) is 2. The second-order valence-corrected chi connectivity index (χ2v) is 12.2. The van der Waals surface area contributed by atoms with E-state index in [1.54, 1.807) is 56.3 Å². The van der Waals surface area contributed by atoms with Gasteiger partial charge >= 0.3 is 0 Å². The first kappa shape index (κ1) is 31.7. The van der Waals surface area contributed by atoms with Gasteiger partial charge in [0.25, 0.3) is 10.0 Å². The van der Waals surface area contributed by atoms with Gasteiger partial charge in [0.1, 0.15) is 18.4 Å². The summed E-state index contributed by atoms with van der Waals surface area (Å²) in [5.41, 5.74) is 1.65. The van der Waals surface area contributed by atoms with Gasteiger partial charge in [-0.25, -0.2) is 12.8 Å². The van der Waals surface area contributed by atoms with E-state index in [9.17, 15) is 22.4 Å². The maximum atomic E-state index is 14.9. The summed E-state index contributed by atoms with van der Waals surface area (Å²) in [4.78, 5) is 29.1. The molecular formula is C33H33ClFN3O4S. The Bertz CT molecular complexity index is 1670. The number of benzene rings is 4. The van der Waals surface area contributed by atoms with Crippen LogP contribution in [0.15, 0.2) is 108 Å². The SMILES string of the molecule is CCNC(=O)[C@H](Cc1ccccc1)N(Cc1ccccc1F)C(=O)CN(c1cccc(Cl)c1C)S(=O)(=O)c1ccccc1. The van der Waals surface area contributed by atoms with Gasteiger partial charge in [-0.05, 0) is 55.3 Å². The van der Waals surface area contributed by atoms with Gasteiger partial charge < -0.3 is 10.2 Å². The molecule has 0 radical (unpaired) electrons. The molecule has 0 bridgehead atoms. The molecule has 0 saturated carbocycles. The van der Waals surface area contributed by atoms with E-state index in [2.05, 4.69) is 5.32 Å². The van der Waals surface area contributed by atoms with Crippen molar-refractivity contribution in [1.29, 1.82) is 0 Å². The highest BCUT2D eigenvalue weighted by Crippen LogP contribution is 2.31. The van der Waals surface area contributed by atoms with Crippen LogP contribution in [0.2, 0.25) is 5.02 Å². The van der Waals surface area contributed by atoms with E-state index in [0.29, 0.717) is 17.1 Å². The molecule has 1 N–H and O–H groups in total. The lowest BCUT2D eigenvalue weighted by Crippen LogP contribution is -2.53. The Hall–Kier alpha value is -4.21. The maximum absolute atomic E-state index is 14.9. The molecule has 0 aromatic heterocycles. The van der Waals surface area contributed by atoms with Crippen molar-refractivity contribution in [2.24, 2.45) is 0 Å². The normalized spacial score (nSPS) is 11.9. The van der Waals surface area contributed by atoms with Crippen LogP contribution in [0.1, 0.15) is 23.6 Å². The van der Waals surface area contributed by atoms with E-state index < -0.39 is 40.2 Å². The first-order valence-corrected chi connectivity index (χ1v) is 15.6. The van der Waals surface area contributed by atoms with Gasteiger partial charge in [-0.15, -0.1) is 0 Å². The van der Waals surface area contributed by atoms with Crippen molar-refractivity contribution in [3.8, 4) is 0 Å². The summed E-state index contributed by atoms with van der Waals surface area (Å²) in [6.07, 6.45) is 0.133. The summed E-state index contributed by atoms with van der Waals surface area (Å²) in [6.45, 7) is 2.82. The zero-order chi connectivity index (χ0) is 31.0. The molecule has 0 saturated heterocycles. The number of nitrogens with one attached hydrogen (secondary N) is 1. The second-order valence-electron chi connectivity index (χ2n) is 9.92. The van der Waals surface area contributed by atoms with Crippen molar-refractivity contribution >= 4 is 39.1 Å². The lowest BCUT2D eigenvalue weighted by molar-refractivity contribution is -0.140. The highest BCUT2D eigenvalue weighted by atomic mass is 35.5. The standard InChI is InChI=1S/C33H33ClFN3O4S/c1-3-36-33(40)31(21-25-13-6-4-7-14-25)37(22-26-15-10-11-19-29(26)35)32(39)23-38(30-20-12-18-28(34)24(30)2)43(41,42)27-16-8-5-9-17-27/h4-20,31H,3,21-23H2,1-2H3,(H,36,40)/t31-/m0/s1. The average molecular weight is 622 g/mol. The predicted molar refractivity (Wildman–Crippen MR) is 167 cm³/mol. The largest absolute Gasteiger partial charge is 0.355 e. The van der Waals surface area contributed by atoms with Crippen LogP contribution in [-0.2, 0) is 32.6 Å². The van der Waals surface area contributed by atoms with Gasteiger partial charge in [-0.1, -0.05) is 84.4 Å². The van der Waals surface area contributed by atoms with Crippen LogP contribution in [0.3, 0.4) is 0 Å². The Labute approximate surface area is 257 Å². The fourth-order valence-electron chi connectivity index (χ4n) is 4.76. The minimum atomic E-state index is -4.27. The molecular weight excluding hydrogens is 589 g/mol. The Morgan fingerprint density at radius 1 is 0.884 bits per heavy atom. The van der Waals surface area contributed by atoms with E-state index in [1.165, 1.54) is 35.2 Å². The minimum Gasteiger partial charge on any atom is -0.355 e. The van der Waals surface area contributed by atoms with Crippen LogP contribution in [0.25, 0.3) is 0 Å². The van der Waals surface area contributed by atoms with Gasteiger partial charge in [-0.2, -0.15) is 0 Å². The molecule has 43 heavy (non-hydrogen) atoms. The lowest BCUT2D eigenvalue weighted by atomic mass is 10.0. The molecule has 0 aliphatic rings. The third-order valence-corrected chi connectivity index (χ3v) is 9.22. The Morgan fingerprint density at radius 3 is 2.16 bits per heavy atom. The highest BCUT2D eigenvalue weighted by molar-refractivity contribution is 7.92. The predicted octanol–water partition coefficient (Wildman–Crippen LogP) is 5.76. The zero-order valence-electron chi connectivity index (χ0n) is 23.9. The number of amides is 2. The molecule has 1 atom stereocenters. The Balaban J connectivity index is 1.83. The zero-order valence-corrected chi connectivity index (χ0v) is 25.5. The van der Waals surface area contributed by atoms with Crippen LogP contribution in [0.5, 0.6) is 0 Å². The number of halogens is 2. The summed E-state index contributed by atoms with van der Waals surface area (Å²) in [6, 6.07) is 26.6. The van der Waals surface area contributed by atoms with Gasteiger partial charge in [0.05, 0.1) is 10.6 Å². The van der Waals surface area contributed by atoms with Gasteiger partial charge in [0.15, 0.2) is 0 Å². The fraction of sp³-hybridized carbons (Fsp3) is 0.212. The molecule has 0 fully saturated rings. The first-order chi connectivity index (χ1) is 20.6. The fourth-order valence-corrected chi connectivity index (χ4v) is 6.42. The van der Waals surface area contributed by atoms with E-state index in [1.807, 2.05) is 30.3 Å². The molecule has 4 aromatic carbocycles. The monoisotopic (exact) mass is 621 g/mol. The van der Waals surface area contributed by atoms with Crippen LogP contribution in [0, 0.1) is 12.7 Å². The number of carbonyl (C=O) groups excluding carboxylic acids is 2. The number of anilines is 1. The van der Waals surface area contributed by atoms with Crippen molar-refractivity contribution < 1.29 is 22.4 Å². The van der Waals surface area contributed by atoms with Crippen LogP contribution in [-0.4, -0.2) is 44.3 Å². The van der Waals surface area contributed by atoms with Crippen molar-refractivity contribution in [2.75, 3.05) is 17.4 Å². The molecule has 0 unspecified atom stereocenters. The molecule has 224 valence electrons.